The fourth-order valence-electron chi connectivity index (χ4n) is 4.69. The molecule has 0 amide bonds. The second-order valence-corrected chi connectivity index (χ2v) is 9.26. The molecule has 1 aromatic carbocycles. The summed E-state index contributed by atoms with van der Waals surface area (Å²) in [6, 6.07) is 2.05. The number of halogens is 1. The summed E-state index contributed by atoms with van der Waals surface area (Å²) in [5, 5.41) is 0.0661. The van der Waals surface area contributed by atoms with Crippen molar-refractivity contribution in [1.29, 1.82) is 0 Å². The average Bonchev–Trinajstić information content (AvgIpc) is 3.43. The average molecular weight is 415 g/mol. The summed E-state index contributed by atoms with van der Waals surface area (Å²) in [5.41, 5.74) is 13.4. The fourth-order valence-corrected chi connectivity index (χ4v) is 6.07. The molecule has 1 saturated carbocycles. The summed E-state index contributed by atoms with van der Waals surface area (Å²) in [7, 11) is 0. The van der Waals surface area contributed by atoms with Crippen molar-refractivity contribution in [1.82, 2.24) is 9.55 Å². The van der Waals surface area contributed by atoms with E-state index in [1.807, 2.05) is 6.07 Å². The Balaban J connectivity index is 1.84. The first-order valence-corrected chi connectivity index (χ1v) is 10.8. The number of aryl methyl sites for hydroxylation is 2. The molecular weight excluding hydrogens is 391 g/mol. The molecule has 2 aliphatic rings. The summed E-state index contributed by atoms with van der Waals surface area (Å²) in [5.74, 6) is -0.304. The van der Waals surface area contributed by atoms with Crippen molar-refractivity contribution in [3.63, 3.8) is 0 Å². The van der Waals surface area contributed by atoms with Gasteiger partial charge in [-0.3, -0.25) is 14.3 Å². The molecule has 8 heteroatoms. The van der Waals surface area contributed by atoms with E-state index in [4.69, 9.17) is 11.5 Å². The van der Waals surface area contributed by atoms with E-state index in [-0.39, 0.29) is 23.0 Å². The van der Waals surface area contributed by atoms with Crippen molar-refractivity contribution >= 4 is 27.9 Å². The molecule has 5 N–H and O–H groups in total. The molecule has 29 heavy (non-hydrogen) atoms. The molecule has 5 rings (SSSR count). The van der Waals surface area contributed by atoms with Gasteiger partial charge in [0, 0.05) is 21.4 Å². The number of hydrogen-bond acceptors (Lipinski definition) is 5. The first-order valence-electron chi connectivity index (χ1n) is 10.0. The first kappa shape index (κ1) is 18.6. The number of nitrogen functional groups attached to an aromatic ring is 1. The molecule has 0 spiro atoms. The van der Waals surface area contributed by atoms with Gasteiger partial charge in [-0.2, -0.15) is 0 Å². The maximum absolute atomic E-state index is 15.5. The lowest BCUT2D eigenvalue weighted by molar-refractivity contribution is 0.568. The van der Waals surface area contributed by atoms with Crippen molar-refractivity contribution < 1.29 is 4.39 Å². The number of nitrogens with zero attached hydrogens (tertiary/aromatic N) is 1. The van der Waals surface area contributed by atoms with E-state index in [1.165, 1.54) is 10.4 Å². The predicted octanol–water partition coefficient (Wildman–Crippen LogP) is 3.16. The number of thiophene rings is 1. The molecule has 1 unspecified atom stereocenters. The molecule has 0 bridgehead atoms. The maximum atomic E-state index is 15.5. The first-order chi connectivity index (χ1) is 13.9. The minimum absolute atomic E-state index is 0.0245. The van der Waals surface area contributed by atoms with Gasteiger partial charge in [-0.1, -0.05) is 0 Å². The van der Waals surface area contributed by atoms with Crippen LogP contribution < -0.4 is 22.7 Å². The number of aromatic amines is 1. The van der Waals surface area contributed by atoms with Gasteiger partial charge < -0.3 is 11.5 Å². The summed E-state index contributed by atoms with van der Waals surface area (Å²) in [6.45, 7) is 2.35. The monoisotopic (exact) mass is 414 g/mol. The third-order valence-electron chi connectivity index (χ3n) is 6.28. The van der Waals surface area contributed by atoms with E-state index >= 15 is 4.39 Å². The Hall–Kier alpha value is -2.45. The summed E-state index contributed by atoms with van der Waals surface area (Å²) in [4.78, 5) is 29.3. The van der Waals surface area contributed by atoms with E-state index < -0.39 is 17.1 Å². The molecule has 0 radical (unpaired) electrons. The second-order valence-electron chi connectivity index (χ2n) is 8.13. The Morgan fingerprint density at radius 2 is 2.07 bits per heavy atom. The number of anilines is 1. The van der Waals surface area contributed by atoms with Crippen LogP contribution in [0, 0.1) is 12.7 Å². The van der Waals surface area contributed by atoms with Gasteiger partial charge >= 0.3 is 5.69 Å². The molecule has 6 nitrogen and oxygen atoms in total. The normalized spacial score (nSPS) is 18.9. The maximum Gasteiger partial charge on any atom is 0.329 e. The highest BCUT2D eigenvalue weighted by atomic mass is 32.1. The van der Waals surface area contributed by atoms with E-state index in [2.05, 4.69) is 4.98 Å². The van der Waals surface area contributed by atoms with Gasteiger partial charge in [-0.15, -0.1) is 11.3 Å². The highest BCUT2D eigenvalue weighted by Gasteiger charge is 2.31. The van der Waals surface area contributed by atoms with Crippen molar-refractivity contribution in [3.05, 3.63) is 48.7 Å². The zero-order chi connectivity index (χ0) is 20.4. The van der Waals surface area contributed by atoms with Gasteiger partial charge in [0.25, 0.3) is 5.56 Å². The number of rotatable bonds is 3. The van der Waals surface area contributed by atoms with Crippen LogP contribution in [0.25, 0.3) is 21.3 Å². The van der Waals surface area contributed by atoms with E-state index in [1.54, 1.807) is 22.8 Å². The molecule has 0 aliphatic heterocycles. The summed E-state index contributed by atoms with van der Waals surface area (Å²) >= 11 is 1.57. The van der Waals surface area contributed by atoms with Crippen LogP contribution >= 0.6 is 11.3 Å². The number of fused-ring (bicyclic) bond motifs is 2. The Kier molecular flexibility index (Phi) is 4.18. The largest absolute Gasteiger partial charge is 0.396 e. The molecule has 2 heterocycles. The van der Waals surface area contributed by atoms with Crippen molar-refractivity contribution in [2.75, 3.05) is 12.3 Å². The zero-order valence-electron chi connectivity index (χ0n) is 16.2. The zero-order valence-corrected chi connectivity index (χ0v) is 17.0. The van der Waals surface area contributed by atoms with E-state index in [0.717, 1.165) is 37.0 Å². The summed E-state index contributed by atoms with van der Waals surface area (Å²) in [6.07, 6.45) is 4.80. The van der Waals surface area contributed by atoms with Gasteiger partial charge in [0.2, 0.25) is 0 Å². The van der Waals surface area contributed by atoms with Gasteiger partial charge in [0.1, 0.15) is 0 Å². The van der Waals surface area contributed by atoms with Crippen LogP contribution in [-0.2, 0) is 6.42 Å². The topological polar surface area (TPSA) is 107 Å². The van der Waals surface area contributed by atoms with Crippen molar-refractivity contribution in [2.24, 2.45) is 5.73 Å². The van der Waals surface area contributed by atoms with Crippen molar-refractivity contribution in [3.8, 4) is 10.4 Å². The highest BCUT2D eigenvalue weighted by Crippen LogP contribution is 2.45. The third-order valence-corrected chi connectivity index (χ3v) is 7.51. The second kappa shape index (κ2) is 6.53. The number of benzene rings is 1. The molecule has 1 fully saturated rings. The Labute approximate surface area is 170 Å². The SMILES string of the molecule is Cc1c(-c2cc3c(s2)CCCC3CN)c(F)c(N)c2c(=O)[nH]c(=O)n(C3CC3)c12. The molecule has 0 saturated heterocycles. The van der Waals surface area contributed by atoms with Crippen LogP contribution in [0.1, 0.15) is 53.6 Å². The molecule has 2 aromatic heterocycles. The van der Waals surface area contributed by atoms with Crippen molar-refractivity contribution in [2.45, 2.75) is 51.0 Å². The van der Waals surface area contributed by atoms with Gasteiger partial charge in [0.05, 0.1) is 16.6 Å². The Bertz CT molecular complexity index is 1270. The minimum Gasteiger partial charge on any atom is -0.396 e. The lowest BCUT2D eigenvalue weighted by Crippen LogP contribution is -2.31. The molecule has 1 atom stereocenters. The fraction of sp³-hybridized carbons (Fsp3) is 0.429. The van der Waals surface area contributed by atoms with Crippen LogP contribution in [0.2, 0.25) is 0 Å². The number of nitrogens with two attached hydrogens (primary N) is 2. The van der Waals surface area contributed by atoms with Crippen LogP contribution in [0.5, 0.6) is 0 Å². The van der Waals surface area contributed by atoms with E-state index in [0.29, 0.717) is 23.2 Å². The Morgan fingerprint density at radius 3 is 2.76 bits per heavy atom. The minimum atomic E-state index is -0.637. The standard InChI is InChI=1S/C21H23FN4O2S/c1-9-15(14-7-12-10(8-23)3-2-4-13(12)29-14)17(22)18(24)16-19(9)26(11-5-6-11)21(28)25-20(16)27/h7,10-11H,2-6,8,23-24H2,1H3,(H,25,27,28). The third kappa shape index (κ3) is 2.69. The number of aromatic nitrogens is 2. The van der Waals surface area contributed by atoms with Crippen LogP contribution in [0.3, 0.4) is 0 Å². The summed E-state index contributed by atoms with van der Waals surface area (Å²) < 4.78 is 17.1. The van der Waals surface area contributed by atoms with Gasteiger partial charge in [0.15, 0.2) is 5.82 Å². The molecule has 152 valence electrons. The molecule has 2 aliphatic carbocycles. The van der Waals surface area contributed by atoms with Crippen LogP contribution in [-0.4, -0.2) is 16.1 Å². The number of H-pyrrole nitrogens is 1. The van der Waals surface area contributed by atoms with Gasteiger partial charge in [-0.25, -0.2) is 9.18 Å². The predicted molar refractivity (Wildman–Crippen MR) is 114 cm³/mol. The van der Waals surface area contributed by atoms with Crippen LogP contribution in [0.4, 0.5) is 10.1 Å². The van der Waals surface area contributed by atoms with Gasteiger partial charge in [-0.05, 0) is 68.7 Å². The highest BCUT2D eigenvalue weighted by molar-refractivity contribution is 7.15. The van der Waals surface area contributed by atoms with Crippen LogP contribution in [0.15, 0.2) is 15.7 Å². The van der Waals surface area contributed by atoms with E-state index in [9.17, 15) is 9.59 Å². The number of hydrogen-bond donors (Lipinski definition) is 3. The smallest absolute Gasteiger partial charge is 0.329 e. The lowest BCUT2D eigenvalue weighted by atomic mass is 9.87. The molecular formula is C21H23FN4O2S. The Morgan fingerprint density at radius 1 is 1.31 bits per heavy atom. The molecule has 3 aromatic rings. The quantitative estimate of drug-likeness (QED) is 0.572. The number of nitrogens with one attached hydrogen (secondary N) is 1. The lowest BCUT2D eigenvalue weighted by Gasteiger charge is -2.20.